The summed E-state index contributed by atoms with van der Waals surface area (Å²) >= 11 is 2.15. The molecule has 0 aromatic heterocycles. The number of anilines is 1. The topological polar surface area (TPSA) is 54.5 Å². The molecule has 4 nitrogen and oxygen atoms in total. The number of nitrogens with zero attached hydrogens (tertiary/aromatic N) is 1. The third-order valence-electron chi connectivity index (χ3n) is 6.01. The highest BCUT2D eigenvalue weighted by molar-refractivity contribution is 14.1. The summed E-state index contributed by atoms with van der Waals surface area (Å²) in [6, 6.07) is 21.6. The number of ketones is 1. The van der Waals surface area contributed by atoms with Gasteiger partial charge in [0.15, 0.2) is 5.78 Å². The first-order valence-electron chi connectivity index (χ1n) is 10.4. The van der Waals surface area contributed by atoms with E-state index >= 15 is 0 Å². The van der Waals surface area contributed by atoms with E-state index < -0.39 is 15.4 Å². The van der Waals surface area contributed by atoms with Gasteiger partial charge in [0.1, 0.15) is 5.41 Å². The molecular weight excluding hydrogens is 545 g/mol. The zero-order valence-corrected chi connectivity index (χ0v) is 20.7. The molecule has 0 radical (unpaired) electrons. The number of carbonyl (C=O) groups excluding carboxylic acids is 1. The molecule has 3 aromatic rings. The van der Waals surface area contributed by atoms with Gasteiger partial charge in [0.25, 0.3) is 10.0 Å². The lowest BCUT2D eigenvalue weighted by Crippen LogP contribution is -2.44. The maximum absolute atomic E-state index is 14.1. The van der Waals surface area contributed by atoms with Crippen molar-refractivity contribution >= 4 is 50.2 Å². The molecule has 0 amide bonds. The Bertz CT molecular complexity index is 1450. The van der Waals surface area contributed by atoms with Gasteiger partial charge >= 0.3 is 0 Å². The van der Waals surface area contributed by atoms with Gasteiger partial charge in [-0.15, -0.1) is 0 Å². The Morgan fingerprint density at radius 3 is 2.27 bits per heavy atom. The van der Waals surface area contributed by atoms with Crippen LogP contribution in [0.15, 0.2) is 108 Å². The molecule has 0 saturated heterocycles. The molecule has 1 atom stereocenters. The number of rotatable bonds is 4. The zero-order valence-electron chi connectivity index (χ0n) is 17.8. The number of fused-ring (bicyclic) bond motifs is 2. The monoisotopic (exact) mass is 565 g/mol. The molecule has 5 rings (SSSR count). The van der Waals surface area contributed by atoms with Crippen LogP contribution in [0.1, 0.15) is 16.7 Å². The minimum Gasteiger partial charge on any atom is -0.293 e. The Kier molecular flexibility index (Phi) is 5.37. The fourth-order valence-corrected chi connectivity index (χ4v) is 6.30. The fraction of sp³-hybridized carbons (Fsp3) is 0.0741. The van der Waals surface area contributed by atoms with Crippen LogP contribution in [0.3, 0.4) is 0 Å². The summed E-state index contributed by atoms with van der Waals surface area (Å²) in [5.41, 5.74) is 2.29. The number of benzene rings is 3. The largest absolute Gasteiger partial charge is 0.293 e. The first-order valence-corrected chi connectivity index (χ1v) is 13.0. The molecule has 0 heterocycles. The Labute approximate surface area is 207 Å². The maximum atomic E-state index is 14.1. The molecule has 6 heteroatoms. The van der Waals surface area contributed by atoms with Gasteiger partial charge < -0.3 is 0 Å². The van der Waals surface area contributed by atoms with E-state index in [1.165, 1.54) is 10.4 Å². The van der Waals surface area contributed by atoms with Crippen LogP contribution < -0.4 is 4.31 Å². The second-order valence-electron chi connectivity index (χ2n) is 8.07. The summed E-state index contributed by atoms with van der Waals surface area (Å²) < 4.78 is 30.5. The highest BCUT2D eigenvalue weighted by atomic mass is 127. The third-order valence-corrected chi connectivity index (χ3v) is 8.49. The highest BCUT2D eigenvalue weighted by Crippen LogP contribution is 2.49. The summed E-state index contributed by atoms with van der Waals surface area (Å²) in [5, 5.41) is 0. The van der Waals surface area contributed by atoms with Gasteiger partial charge in [-0.05, 0) is 89.2 Å². The molecule has 0 fully saturated rings. The van der Waals surface area contributed by atoms with Crippen molar-refractivity contribution in [1.82, 2.24) is 0 Å². The average molecular weight is 565 g/mol. The van der Waals surface area contributed by atoms with Crippen molar-refractivity contribution in [2.75, 3.05) is 4.31 Å². The van der Waals surface area contributed by atoms with Crippen LogP contribution in [0, 0.1) is 10.5 Å². The quantitative estimate of drug-likeness (QED) is 0.377. The van der Waals surface area contributed by atoms with E-state index in [2.05, 4.69) is 22.6 Å². The molecule has 0 aliphatic heterocycles. The summed E-state index contributed by atoms with van der Waals surface area (Å²) in [6.45, 7) is 1.95. The lowest BCUT2D eigenvalue weighted by molar-refractivity contribution is -0.117. The van der Waals surface area contributed by atoms with E-state index in [4.69, 9.17) is 0 Å². The smallest absolute Gasteiger partial charge is 0.268 e. The number of hydrogen-bond acceptors (Lipinski definition) is 3. The Morgan fingerprint density at radius 1 is 0.879 bits per heavy atom. The van der Waals surface area contributed by atoms with Crippen molar-refractivity contribution < 1.29 is 13.2 Å². The van der Waals surface area contributed by atoms with Crippen LogP contribution in [-0.4, -0.2) is 14.2 Å². The molecule has 1 spiro atoms. The van der Waals surface area contributed by atoms with Crippen LogP contribution >= 0.6 is 22.6 Å². The molecule has 3 aromatic carbocycles. The van der Waals surface area contributed by atoms with Crippen molar-refractivity contribution in [1.29, 1.82) is 0 Å². The van der Waals surface area contributed by atoms with Gasteiger partial charge in [-0.3, -0.25) is 4.79 Å². The fourth-order valence-electron chi connectivity index (χ4n) is 4.39. The van der Waals surface area contributed by atoms with Gasteiger partial charge in [-0.2, -0.15) is 0 Å². The van der Waals surface area contributed by atoms with Gasteiger partial charge in [0, 0.05) is 3.57 Å². The Hall–Kier alpha value is -2.97. The lowest BCUT2D eigenvalue weighted by Gasteiger charge is -2.36. The van der Waals surface area contributed by atoms with E-state index in [1.54, 1.807) is 48.6 Å². The predicted molar refractivity (Wildman–Crippen MR) is 139 cm³/mol. The van der Waals surface area contributed by atoms with Crippen LogP contribution in [-0.2, 0) is 20.2 Å². The number of halogens is 1. The predicted octanol–water partition coefficient (Wildman–Crippen LogP) is 5.78. The normalized spacial score (nSPS) is 19.0. The van der Waals surface area contributed by atoms with Gasteiger partial charge in [0.05, 0.1) is 16.3 Å². The van der Waals surface area contributed by atoms with E-state index in [-0.39, 0.29) is 10.7 Å². The number of allylic oxidation sites excluding steroid dienone is 4. The standard InChI is InChI=1S/C27H20INO3S/c1-19-9-13-22(14-10-19)29(33(31,32)23-15-11-21(28)12-16-23)25-18-20-6-2-3-7-24(20)27(25)17-5-4-8-26(27)30/h2-18H,1H3/t27-/m1/s1. The van der Waals surface area contributed by atoms with Gasteiger partial charge in [-0.1, -0.05) is 60.2 Å². The van der Waals surface area contributed by atoms with Crippen molar-refractivity contribution in [2.24, 2.45) is 0 Å². The van der Waals surface area contributed by atoms with Crippen LogP contribution in [0.25, 0.3) is 6.08 Å². The highest BCUT2D eigenvalue weighted by Gasteiger charge is 2.50. The maximum Gasteiger partial charge on any atom is 0.268 e. The minimum absolute atomic E-state index is 0.165. The van der Waals surface area contributed by atoms with E-state index in [1.807, 2.05) is 55.5 Å². The molecule has 0 saturated carbocycles. The van der Waals surface area contributed by atoms with E-state index in [0.29, 0.717) is 11.4 Å². The van der Waals surface area contributed by atoms with Crippen LogP contribution in [0.4, 0.5) is 5.69 Å². The second-order valence-corrected chi connectivity index (χ2v) is 11.1. The number of sulfonamides is 1. The summed E-state index contributed by atoms with van der Waals surface area (Å²) in [4.78, 5) is 13.7. The van der Waals surface area contributed by atoms with Crippen LogP contribution in [0.2, 0.25) is 0 Å². The molecule has 2 aliphatic rings. The number of carbonyl (C=O) groups is 1. The lowest BCUT2D eigenvalue weighted by atomic mass is 9.74. The number of hydrogen-bond donors (Lipinski definition) is 0. The second kappa shape index (κ2) is 8.11. The zero-order chi connectivity index (χ0) is 23.2. The van der Waals surface area contributed by atoms with Crippen molar-refractivity contribution in [3.05, 3.63) is 123 Å². The molecule has 0 N–H and O–H groups in total. The molecular formula is C27H20INO3S. The molecule has 0 bridgehead atoms. The molecule has 2 aliphatic carbocycles. The van der Waals surface area contributed by atoms with Crippen molar-refractivity contribution in [3.63, 3.8) is 0 Å². The van der Waals surface area contributed by atoms with E-state index in [9.17, 15) is 13.2 Å². The molecule has 33 heavy (non-hydrogen) atoms. The van der Waals surface area contributed by atoms with Crippen molar-refractivity contribution in [2.45, 2.75) is 17.2 Å². The number of aryl methyl sites for hydroxylation is 1. The average Bonchev–Trinajstić information content (AvgIpc) is 3.12. The summed E-state index contributed by atoms with van der Waals surface area (Å²) in [7, 11) is -4.03. The first kappa shape index (κ1) is 21.9. The molecule has 164 valence electrons. The van der Waals surface area contributed by atoms with Gasteiger partial charge in [-0.25, -0.2) is 12.7 Å². The van der Waals surface area contributed by atoms with Gasteiger partial charge in [0.2, 0.25) is 0 Å². The SMILES string of the molecule is Cc1ccc(N(C2=Cc3ccccc3[C@]23C=CC=CC3=O)S(=O)(=O)c2ccc(I)cc2)cc1. The Balaban J connectivity index is 1.79. The first-order chi connectivity index (χ1) is 15.8. The summed E-state index contributed by atoms with van der Waals surface area (Å²) in [6.07, 6.45) is 8.64. The summed E-state index contributed by atoms with van der Waals surface area (Å²) in [5.74, 6) is -0.170. The minimum atomic E-state index is -4.03. The molecule has 0 unspecified atom stereocenters. The van der Waals surface area contributed by atoms with E-state index in [0.717, 1.165) is 20.3 Å². The van der Waals surface area contributed by atoms with Crippen molar-refractivity contribution in [3.8, 4) is 0 Å². The Morgan fingerprint density at radius 2 is 1.58 bits per heavy atom. The third kappa shape index (κ3) is 3.48. The van der Waals surface area contributed by atoms with Crippen LogP contribution in [0.5, 0.6) is 0 Å².